The van der Waals surface area contributed by atoms with Crippen LogP contribution in [-0.4, -0.2) is 30.1 Å². The molecule has 0 saturated heterocycles. The summed E-state index contributed by atoms with van der Waals surface area (Å²) < 4.78 is 23.2. The number of halogens is 1. The van der Waals surface area contributed by atoms with Gasteiger partial charge in [0, 0.05) is 18.2 Å². The molecule has 3 rings (SSSR count). The second-order valence-electron chi connectivity index (χ2n) is 6.34. The Morgan fingerprint density at radius 3 is 2.48 bits per heavy atom. The summed E-state index contributed by atoms with van der Waals surface area (Å²) in [4.78, 5) is 24.5. The zero-order valence-corrected chi connectivity index (χ0v) is 15.9. The van der Waals surface area contributed by atoms with Gasteiger partial charge in [-0.05, 0) is 48.9 Å². The molecular weight excluding hydrogens is 377 g/mol. The van der Waals surface area contributed by atoms with Crippen molar-refractivity contribution in [3.63, 3.8) is 0 Å². The van der Waals surface area contributed by atoms with Crippen LogP contribution in [0.1, 0.15) is 23.0 Å². The van der Waals surface area contributed by atoms with Crippen LogP contribution < -0.4 is 15.4 Å². The van der Waals surface area contributed by atoms with Crippen molar-refractivity contribution in [2.75, 3.05) is 7.11 Å². The third-order valence-corrected chi connectivity index (χ3v) is 4.24. The Balaban J connectivity index is 1.55. The number of hydrogen-bond donors (Lipinski definition) is 2. The maximum atomic E-state index is 12.9. The van der Waals surface area contributed by atoms with Crippen LogP contribution in [0.15, 0.2) is 59.1 Å². The SMILES string of the molecule is COc1ccc(-c2cc(C(=O)NC(C)C(=O)NCc3ccc(F)cc3)no2)cc1. The van der Waals surface area contributed by atoms with Crippen LogP contribution in [0.5, 0.6) is 5.75 Å². The molecule has 3 aromatic rings. The van der Waals surface area contributed by atoms with Gasteiger partial charge in [0.1, 0.15) is 17.6 Å². The lowest BCUT2D eigenvalue weighted by atomic mass is 10.1. The van der Waals surface area contributed by atoms with E-state index in [9.17, 15) is 14.0 Å². The number of nitrogens with one attached hydrogen (secondary N) is 2. The molecule has 0 bridgehead atoms. The summed E-state index contributed by atoms with van der Waals surface area (Å²) in [7, 11) is 1.57. The molecule has 2 N–H and O–H groups in total. The van der Waals surface area contributed by atoms with E-state index in [4.69, 9.17) is 9.26 Å². The molecule has 1 unspecified atom stereocenters. The minimum Gasteiger partial charge on any atom is -0.497 e. The Bertz CT molecular complexity index is 984. The van der Waals surface area contributed by atoms with Crippen LogP contribution in [0.25, 0.3) is 11.3 Å². The standard InChI is InChI=1S/C21H20FN3O4/c1-13(20(26)23-12-14-3-7-16(22)8-4-14)24-21(27)18-11-19(29-25-18)15-5-9-17(28-2)10-6-15/h3-11,13H,12H2,1-2H3,(H,23,26)(H,24,27). The van der Waals surface area contributed by atoms with E-state index in [1.165, 1.54) is 18.2 Å². The topological polar surface area (TPSA) is 93.5 Å². The lowest BCUT2D eigenvalue weighted by molar-refractivity contribution is -0.122. The molecule has 7 nitrogen and oxygen atoms in total. The number of nitrogens with zero attached hydrogens (tertiary/aromatic N) is 1. The van der Waals surface area contributed by atoms with Gasteiger partial charge in [-0.25, -0.2) is 4.39 Å². The fraction of sp³-hybridized carbons (Fsp3) is 0.190. The lowest BCUT2D eigenvalue weighted by Crippen LogP contribution is -2.44. The smallest absolute Gasteiger partial charge is 0.274 e. The molecule has 0 aliphatic carbocycles. The summed E-state index contributed by atoms with van der Waals surface area (Å²) in [6.07, 6.45) is 0. The molecule has 0 fully saturated rings. The van der Waals surface area contributed by atoms with Crippen molar-refractivity contribution in [2.24, 2.45) is 0 Å². The summed E-state index contributed by atoms with van der Waals surface area (Å²) in [5, 5.41) is 9.02. The first-order valence-corrected chi connectivity index (χ1v) is 8.90. The largest absolute Gasteiger partial charge is 0.497 e. The third kappa shape index (κ3) is 5.19. The number of amides is 2. The van der Waals surface area contributed by atoms with Crippen molar-refractivity contribution in [2.45, 2.75) is 19.5 Å². The number of benzene rings is 2. The van der Waals surface area contributed by atoms with Crippen molar-refractivity contribution in [1.29, 1.82) is 0 Å². The Labute approximate surface area is 166 Å². The third-order valence-electron chi connectivity index (χ3n) is 4.24. The highest BCUT2D eigenvalue weighted by Crippen LogP contribution is 2.23. The summed E-state index contributed by atoms with van der Waals surface area (Å²) in [5.74, 6) is -0.125. The van der Waals surface area contributed by atoms with Crippen LogP contribution in [0.4, 0.5) is 4.39 Å². The molecule has 0 saturated carbocycles. The normalized spacial score (nSPS) is 11.6. The molecule has 0 spiro atoms. The quantitative estimate of drug-likeness (QED) is 0.639. The Morgan fingerprint density at radius 1 is 1.14 bits per heavy atom. The van der Waals surface area contributed by atoms with E-state index in [1.54, 1.807) is 50.4 Å². The first kappa shape index (κ1) is 20.1. The molecule has 1 heterocycles. The Hall–Kier alpha value is -3.68. The first-order chi connectivity index (χ1) is 14.0. The molecular formula is C21H20FN3O4. The summed E-state index contributed by atoms with van der Waals surface area (Å²) in [6.45, 7) is 1.78. The molecule has 1 aromatic heterocycles. The van der Waals surface area contributed by atoms with Gasteiger partial charge in [-0.1, -0.05) is 17.3 Å². The van der Waals surface area contributed by atoms with Crippen LogP contribution in [0, 0.1) is 5.82 Å². The fourth-order valence-corrected chi connectivity index (χ4v) is 2.55. The summed E-state index contributed by atoms with van der Waals surface area (Å²) in [6, 6.07) is 13.6. The number of ether oxygens (including phenoxy) is 1. The van der Waals surface area contributed by atoms with Crippen molar-refractivity contribution < 1.29 is 23.2 Å². The van der Waals surface area contributed by atoms with Crippen molar-refractivity contribution in [1.82, 2.24) is 15.8 Å². The second kappa shape index (κ2) is 9.01. The molecule has 150 valence electrons. The number of aromatic nitrogens is 1. The lowest BCUT2D eigenvalue weighted by Gasteiger charge is -2.13. The highest BCUT2D eigenvalue weighted by molar-refractivity contribution is 5.96. The fourth-order valence-electron chi connectivity index (χ4n) is 2.55. The molecule has 0 radical (unpaired) electrons. The number of rotatable bonds is 7. The monoisotopic (exact) mass is 397 g/mol. The minimum atomic E-state index is -0.788. The van der Waals surface area contributed by atoms with Gasteiger partial charge in [-0.2, -0.15) is 0 Å². The molecule has 2 amide bonds. The number of carbonyl (C=O) groups excluding carboxylic acids is 2. The van der Waals surface area contributed by atoms with Crippen LogP contribution in [0.3, 0.4) is 0 Å². The molecule has 0 aliphatic heterocycles. The minimum absolute atomic E-state index is 0.0639. The molecule has 29 heavy (non-hydrogen) atoms. The van der Waals surface area contributed by atoms with Crippen molar-refractivity contribution >= 4 is 11.8 Å². The predicted octanol–water partition coefficient (Wildman–Crippen LogP) is 2.92. The van der Waals surface area contributed by atoms with Crippen LogP contribution in [0.2, 0.25) is 0 Å². The first-order valence-electron chi connectivity index (χ1n) is 8.90. The average Bonchev–Trinajstić information content (AvgIpc) is 3.23. The summed E-state index contributed by atoms with van der Waals surface area (Å²) in [5.41, 5.74) is 1.55. The Kier molecular flexibility index (Phi) is 6.23. The average molecular weight is 397 g/mol. The zero-order chi connectivity index (χ0) is 20.8. The van der Waals surface area contributed by atoms with Crippen LogP contribution in [-0.2, 0) is 11.3 Å². The highest BCUT2D eigenvalue weighted by Gasteiger charge is 2.19. The van der Waals surface area contributed by atoms with E-state index in [0.29, 0.717) is 11.5 Å². The van der Waals surface area contributed by atoms with E-state index in [1.807, 2.05) is 0 Å². The molecule has 8 heteroatoms. The van der Waals surface area contributed by atoms with Gasteiger partial charge in [0.25, 0.3) is 5.91 Å². The Morgan fingerprint density at radius 2 is 1.83 bits per heavy atom. The van der Waals surface area contributed by atoms with Gasteiger partial charge in [0.05, 0.1) is 7.11 Å². The van der Waals surface area contributed by atoms with Gasteiger partial charge in [0.2, 0.25) is 5.91 Å². The van der Waals surface area contributed by atoms with Gasteiger partial charge in [0.15, 0.2) is 11.5 Å². The molecule has 0 aliphatic rings. The molecule has 1 atom stereocenters. The van der Waals surface area contributed by atoms with Crippen molar-refractivity contribution in [3.8, 4) is 17.1 Å². The number of hydrogen-bond acceptors (Lipinski definition) is 5. The van der Waals surface area contributed by atoms with E-state index >= 15 is 0 Å². The van der Waals surface area contributed by atoms with E-state index in [-0.39, 0.29) is 24.0 Å². The van der Waals surface area contributed by atoms with Gasteiger partial charge < -0.3 is 19.9 Å². The second-order valence-corrected chi connectivity index (χ2v) is 6.34. The van der Waals surface area contributed by atoms with Gasteiger partial charge >= 0.3 is 0 Å². The highest BCUT2D eigenvalue weighted by atomic mass is 19.1. The maximum Gasteiger partial charge on any atom is 0.274 e. The summed E-state index contributed by atoms with van der Waals surface area (Å²) >= 11 is 0. The van der Waals surface area contributed by atoms with E-state index in [0.717, 1.165) is 11.1 Å². The predicted molar refractivity (Wildman–Crippen MR) is 104 cm³/mol. The number of carbonyl (C=O) groups is 2. The van der Waals surface area contributed by atoms with Gasteiger partial charge in [-0.3, -0.25) is 9.59 Å². The maximum absolute atomic E-state index is 12.9. The zero-order valence-electron chi connectivity index (χ0n) is 15.9. The molecule has 2 aromatic carbocycles. The van der Waals surface area contributed by atoms with Gasteiger partial charge in [-0.15, -0.1) is 0 Å². The van der Waals surface area contributed by atoms with E-state index < -0.39 is 11.9 Å². The van der Waals surface area contributed by atoms with Crippen LogP contribution >= 0.6 is 0 Å². The van der Waals surface area contributed by atoms with E-state index in [2.05, 4.69) is 15.8 Å². The number of methoxy groups -OCH3 is 1. The van der Waals surface area contributed by atoms with Crippen molar-refractivity contribution in [3.05, 3.63) is 71.7 Å².